The van der Waals surface area contributed by atoms with E-state index in [1.807, 2.05) is 173 Å². The molecule has 10 aromatic carbocycles. The Kier molecular flexibility index (Phi) is 48.5. The molecule has 10 aromatic rings. The number of non-ortho nitro benzene ring substituents is 2. The van der Waals surface area contributed by atoms with Crippen molar-refractivity contribution in [2.75, 3.05) is 81.5 Å². The Morgan fingerprint density at radius 3 is 1.44 bits per heavy atom. The zero-order valence-corrected chi connectivity index (χ0v) is 77.2. The van der Waals surface area contributed by atoms with Gasteiger partial charge in [0, 0.05) is 70.9 Å². The minimum Gasteiger partial charge on any atom is -0.496 e. The fourth-order valence-electron chi connectivity index (χ4n) is 10.5. The Morgan fingerprint density at radius 2 is 1.00 bits per heavy atom. The van der Waals surface area contributed by atoms with Crippen LogP contribution in [0.15, 0.2) is 209 Å². The van der Waals surface area contributed by atoms with E-state index in [2.05, 4.69) is 45.0 Å². The predicted molar refractivity (Wildman–Crippen MR) is 484 cm³/mol. The maximum atomic E-state index is 12.5. The van der Waals surface area contributed by atoms with Crippen molar-refractivity contribution in [1.29, 1.82) is 5.26 Å². The first-order valence-corrected chi connectivity index (χ1v) is 42.8. The van der Waals surface area contributed by atoms with Crippen LogP contribution in [-0.4, -0.2) is 123 Å². The highest BCUT2D eigenvalue weighted by atomic mass is 35.5. The number of esters is 1. The number of nitrogens with zero attached hydrogens (tertiary/aromatic N) is 5. The summed E-state index contributed by atoms with van der Waals surface area (Å²) in [6, 6.07) is 57.2. The van der Waals surface area contributed by atoms with Crippen molar-refractivity contribution in [3.05, 3.63) is 313 Å². The lowest BCUT2D eigenvalue weighted by atomic mass is 10.0. The van der Waals surface area contributed by atoms with Gasteiger partial charge in [-0.15, -0.1) is 0 Å². The number of nitro benzene ring substituents is 2. The number of ether oxygens (including phenoxy) is 7. The Balaban J connectivity index is 0.000000454. The molecule has 1 fully saturated rings. The van der Waals surface area contributed by atoms with Crippen molar-refractivity contribution < 1.29 is 69.0 Å². The number of thioether (sulfide) groups is 1. The number of carbonyl (C=O) groups is 1. The number of thiocyanates is 1. The number of rotatable bonds is 17. The number of nitriles is 1. The van der Waals surface area contributed by atoms with Crippen LogP contribution in [0.4, 0.5) is 15.8 Å². The summed E-state index contributed by atoms with van der Waals surface area (Å²) < 4.78 is 99.6. The van der Waals surface area contributed by atoms with E-state index in [0.717, 1.165) is 83.6 Å². The number of hydrogen-bond acceptors (Lipinski definition) is 18. The summed E-state index contributed by atoms with van der Waals surface area (Å²) in [5, 5.41) is 32.7. The highest BCUT2D eigenvalue weighted by Gasteiger charge is 2.26. The third-order valence-corrected chi connectivity index (χ3v) is 23.3. The number of carbonyl (C=O) groups excluding carboxylic acids is 1. The average molecular weight is 1770 g/mol. The summed E-state index contributed by atoms with van der Waals surface area (Å²) in [6.45, 7) is 36.3. The Bertz CT molecular complexity index is 5120. The molecule has 0 radical (unpaired) electrons. The van der Waals surface area contributed by atoms with Gasteiger partial charge in [-0.25, -0.2) is 26.0 Å². The van der Waals surface area contributed by atoms with Gasteiger partial charge in [-0.3, -0.25) is 20.2 Å². The van der Waals surface area contributed by atoms with Crippen LogP contribution >= 0.6 is 46.6 Å². The molecule has 21 nitrogen and oxygen atoms in total. The summed E-state index contributed by atoms with van der Waals surface area (Å²) in [5.41, 5.74) is 14.2. The molecule has 0 saturated carbocycles. The predicted octanol–water partition coefficient (Wildman–Crippen LogP) is 23.5. The van der Waals surface area contributed by atoms with E-state index in [0.29, 0.717) is 100 Å². The first kappa shape index (κ1) is 106. The minimum atomic E-state index is -3.33. The molecule has 11 rings (SSSR count). The number of nitro groups is 2. The van der Waals surface area contributed by atoms with Gasteiger partial charge in [-0.05, 0) is 225 Å². The summed E-state index contributed by atoms with van der Waals surface area (Å²) in [4.78, 5) is 32.2. The zero-order chi connectivity index (χ0) is 90.6. The molecule has 0 spiro atoms. The molecule has 1 heterocycles. The van der Waals surface area contributed by atoms with E-state index in [4.69, 9.17) is 73.2 Å². The molecule has 28 heteroatoms. The van der Waals surface area contributed by atoms with Gasteiger partial charge in [0.15, 0.2) is 11.5 Å². The number of hydrogen-bond donors (Lipinski definition) is 0. The van der Waals surface area contributed by atoms with Crippen molar-refractivity contribution in [1.82, 2.24) is 8.61 Å². The van der Waals surface area contributed by atoms with Crippen LogP contribution in [-0.2, 0) is 29.5 Å². The van der Waals surface area contributed by atoms with Gasteiger partial charge in [-0.1, -0.05) is 181 Å². The maximum absolute atomic E-state index is 12.5. The summed E-state index contributed by atoms with van der Waals surface area (Å²) in [6.07, 6.45) is 0. The van der Waals surface area contributed by atoms with Crippen LogP contribution in [0, 0.1) is 120 Å². The topological polar surface area (TPSA) is 267 Å². The molecule has 648 valence electrons. The van der Waals surface area contributed by atoms with Crippen LogP contribution in [0.1, 0.15) is 123 Å². The molecule has 0 bridgehead atoms. The Labute approximate surface area is 729 Å². The lowest BCUT2D eigenvalue weighted by Crippen LogP contribution is -2.40. The quantitative estimate of drug-likeness (QED) is 0.0269. The van der Waals surface area contributed by atoms with Gasteiger partial charge < -0.3 is 33.2 Å². The fourth-order valence-corrected chi connectivity index (χ4v) is 14.4. The van der Waals surface area contributed by atoms with Crippen molar-refractivity contribution in [2.45, 2.75) is 138 Å². The third kappa shape index (κ3) is 36.9. The zero-order valence-electron chi connectivity index (χ0n) is 72.5. The Morgan fingerprint density at radius 1 is 0.525 bits per heavy atom. The monoisotopic (exact) mass is 1760 g/mol. The minimum absolute atomic E-state index is 0.0797. The third-order valence-electron chi connectivity index (χ3n) is 17.3. The van der Waals surface area contributed by atoms with Gasteiger partial charge in [0.05, 0.1) is 85.6 Å². The van der Waals surface area contributed by atoms with Crippen LogP contribution in [0.2, 0.25) is 15.1 Å². The van der Waals surface area contributed by atoms with Crippen LogP contribution in [0.25, 0.3) is 0 Å². The second-order valence-corrected chi connectivity index (χ2v) is 33.0. The number of aryl methyl sites for hydroxylation is 10. The molecular weight excluding hydrogens is 1650 g/mol. The second kappa shape index (κ2) is 54.9. The van der Waals surface area contributed by atoms with Crippen molar-refractivity contribution in [2.24, 2.45) is 0 Å². The van der Waals surface area contributed by atoms with Crippen LogP contribution in [0.5, 0.6) is 28.7 Å². The lowest BCUT2D eigenvalue weighted by Gasteiger charge is -2.26. The van der Waals surface area contributed by atoms with Crippen molar-refractivity contribution in [3.8, 4) is 34.1 Å². The normalized spacial score (nSPS) is 11.1. The molecule has 120 heavy (non-hydrogen) atoms. The smallest absolute Gasteiger partial charge is 0.338 e. The van der Waals surface area contributed by atoms with Gasteiger partial charge in [0.1, 0.15) is 22.7 Å². The summed E-state index contributed by atoms with van der Waals surface area (Å²) in [5.74, 6) is 3.59. The summed E-state index contributed by atoms with van der Waals surface area (Å²) in [7, 11) is 1.44. The maximum Gasteiger partial charge on any atom is 0.338 e. The fraction of sp³-hybridized carbons (Fsp3) is 0.326. The van der Waals surface area contributed by atoms with Gasteiger partial charge in [-0.2, -0.15) is 13.9 Å². The van der Waals surface area contributed by atoms with Crippen molar-refractivity contribution in [3.63, 3.8) is 0 Å². The van der Waals surface area contributed by atoms with E-state index < -0.39 is 35.7 Å². The molecular formula is C92H113Cl3FN5O16S3. The molecule has 0 atom stereocenters. The number of methoxy groups -OCH3 is 5. The van der Waals surface area contributed by atoms with E-state index >= 15 is 0 Å². The largest absolute Gasteiger partial charge is 0.496 e. The van der Waals surface area contributed by atoms with Crippen molar-refractivity contribution >= 4 is 84.0 Å². The summed E-state index contributed by atoms with van der Waals surface area (Å²) >= 11 is 19.0. The van der Waals surface area contributed by atoms with Crippen LogP contribution in [0.3, 0.4) is 0 Å². The second-order valence-electron chi connectivity index (χ2n) is 27.1. The van der Waals surface area contributed by atoms with Gasteiger partial charge >= 0.3 is 5.97 Å². The molecule has 0 aromatic heterocycles. The number of benzene rings is 10. The molecule has 0 N–H and O–H groups in total. The standard InChI is InChI=1S/C11H15NO3S.C11H17NO2S.C10H14O3.C10H12O2.C10H14.C9H10Cl2O.C9H11ClO.C8H7NS.C7H6FNO2.C7H7NO2/c1-10-2-4-11(5-3-10)16(13,14)12-6-8-15-9-7-12;1-4-12(5-2)15(13,14)11-8-6-7-10(3)9-11;1-7-5-8(11-2)10(13-4)9(6-7)12-3;1-3-12-10(11)9-6-4-5-8(2)7-9;1-8(2)10-6-4-5-9(3)7-10;1-5-7(10)4-8(12-3)6(2)9(5)11;1-6-4-7(2)9(11-3)5-8(6)10;1-7-2-4-8(5-3-7)10-6-9;1-5-4-6(9(10)11)2-3-7(5)8;1-6-2-4-7(5-3-6)8(9)10/h2-5H,6-9H2,1H3;6-9H,4-5H2,1-3H3;5-6H,1-4H3;4-7H,3H2,1-2H3;4-8H,1-3H3;4H,1-3H3;4-5H,1-3H3;2-5H,1H3;2-4H,1H3;2-5H,1H3. The van der Waals surface area contributed by atoms with Crippen LogP contribution < -0.4 is 23.7 Å². The van der Waals surface area contributed by atoms with E-state index in [1.165, 1.54) is 62.2 Å². The lowest BCUT2D eigenvalue weighted by molar-refractivity contribution is -0.385. The molecule has 1 aliphatic heterocycles. The molecule has 0 aliphatic carbocycles. The molecule has 1 saturated heterocycles. The SMILES string of the molecule is CCN(CC)S(=O)(=O)c1cccc(C)c1.CCOC(=O)c1cccc(C)c1.COc1cc(C)cc(OC)c1OC.COc1cc(Cl)c(C)c(Cl)c1C.COc1cc(Cl)c(C)cc1C.Cc1cc([N+](=O)[O-])ccc1F.Cc1ccc(S(=O)(=O)N2CCOCC2)cc1.Cc1ccc(SC#N)cc1.Cc1ccc([N+](=O)[O-])cc1.Cc1cccc(C(C)C)c1. The number of halogens is 4. The average Bonchev–Trinajstić information content (AvgIpc) is 0.816. The van der Waals surface area contributed by atoms with E-state index in [-0.39, 0.29) is 17.3 Å². The van der Waals surface area contributed by atoms with Gasteiger partial charge in [0.25, 0.3) is 11.4 Å². The molecule has 1 aliphatic rings. The number of sulfonamides is 2. The van der Waals surface area contributed by atoms with Gasteiger partial charge in [0.2, 0.25) is 25.8 Å². The first-order valence-electron chi connectivity index (χ1n) is 38.0. The highest BCUT2D eigenvalue weighted by molar-refractivity contribution is 8.03. The first-order chi connectivity index (χ1) is 56.6. The Hall–Kier alpha value is -10.1. The van der Waals surface area contributed by atoms with E-state index in [9.17, 15) is 46.2 Å². The van der Waals surface area contributed by atoms with E-state index in [1.54, 1.807) is 97.1 Å². The number of morpholine rings is 1. The highest BCUT2D eigenvalue weighted by Crippen LogP contribution is 2.38. The molecule has 0 amide bonds. The molecule has 0 unspecified atom stereocenters.